The van der Waals surface area contributed by atoms with Crippen LogP contribution < -0.4 is 5.32 Å². The number of halogens is 2. The van der Waals surface area contributed by atoms with Gasteiger partial charge in [0.1, 0.15) is 18.2 Å². The number of benzene rings is 3. The van der Waals surface area contributed by atoms with Gasteiger partial charge >= 0.3 is 0 Å². The maximum Gasteiger partial charge on any atom is 0.239 e. The summed E-state index contributed by atoms with van der Waals surface area (Å²) in [5.74, 6) is -1.12. The average Bonchev–Trinajstić information content (AvgIpc) is 3.15. The van der Waals surface area contributed by atoms with Gasteiger partial charge in [0.15, 0.2) is 0 Å². The van der Waals surface area contributed by atoms with Gasteiger partial charge in [0.2, 0.25) is 15.7 Å². The molecule has 0 aliphatic heterocycles. The van der Waals surface area contributed by atoms with Gasteiger partial charge in [-0.2, -0.15) is 0 Å². The van der Waals surface area contributed by atoms with Crippen LogP contribution in [0.4, 0.5) is 8.78 Å². The van der Waals surface area contributed by atoms with Crippen molar-refractivity contribution in [3.8, 4) is 0 Å². The number of hydrogen-bond acceptors (Lipinski definition) is 3. The fourth-order valence-electron chi connectivity index (χ4n) is 3.51. The molecular weight excluding hydrogens is 434 g/mol. The van der Waals surface area contributed by atoms with Crippen LogP contribution in [0.1, 0.15) is 5.56 Å². The first-order valence-corrected chi connectivity index (χ1v) is 11.4. The molecule has 4 aromatic rings. The van der Waals surface area contributed by atoms with E-state index in [4.69, 9.17) is 0 Å². The molecule has 164 valence electrons. The van der Waals surface area contributed by atoms with E-state index in [0.29, 0.717) is 23.9 Å². The van der Waals surface area contributed by atoms with Crippen LogP contribution in [0.15, 0.2) is 88.8 Å². The van der Waals surface area contributed by atoms with Gasteiger partial charge in [-0.25, -0.2) is 17.2 Å². The van der Waals surface area contributed by atoms with Crippen LogP contribution in [-0.4, -0.2) is 25.4 Å². The Labute approximate surface area is 184 Å². The highest BCUT2D eigenvalue weighted by atomic mass is 32.2. The Morgan fingerprint density at radius 2 is 1.50 bits per heavy atom. The van der Waals surface area contributed by atoms with Crippen LogP contribution in [0.2, 0.25) is 0 Å². The number of rotatable bonds is 7. The molecule has 32 heavy (non-hydrogen) atoms. The van der Waals surface area contributed by atoms with Crippen molar-refractivity contribution in [3.63, 3.8) is 0 Å². The van der Waals surface area contributed by atoms with Crippen molar-refractivity contribution in [1.29, 1.82) is 0 Å². The van der Waals surface area contributed by atoms with Gasteiger partial charge in [-0.1, -0.05) is 30.3 Å². The third-order valence-electron chi connectivity index (χ3n) is 5.13. The Bertz CT molecular complexity index is 1360. The summed E-state index contributed by atoms with van der Waals surface area (Å²) >= 11 is 0. The van der Waals surface area contributed by atoms with E-state index in [9.17, 15) is 22.0 Å². The Hall–Kier alpha value is -3.52. The van der Waals surface area contributed by atoms with E-state index in [2.05, 4.69) is 5.32 Å². The van der Waals surface area contributed by atoms with Gasteiger partial charge in [-0.3, -0.25) is 4.79 Å². The molecule has 1 aromatic heterocycles. The number of amides is 1. The van der Waals surface area contributed by atoms with E-state index in [0.717, 1.165) is 17.7 Å². The third kappa shape index (κ3) is 4.55. The zero-order chi connectivity index (χ0) is 22.7. The fourth-order valence-corrected chi connectivity index (χ4v) is 4.98. The Morgan fingerprint density at radius 1 is 0.875 bits per heavy atom. The monoisotopic (exact) mass is 454 g/mol. The molecule has 1 N–H and O–H groups in total. The second-order valence-electron chi connectivity index (χ2n) is 7.32. The largest absolute Gasteiger partial charge is 0.354 e. The van der Waals surface area contributed by atoms with E-state index >= 15 is 0 Å². The number of para-hydroxylation sites is 1. The van der Waals surface area contributed by atoms with E-state index in [1.54, 1.807) is 41.0 Å². The molecule has 0 aliphatic rings. The first kappa shape index (κ1) is 21.7. The Balaban J connectivity index is 1.54. The molecule has 1 heterocycles. The second-order valence-corrected chi connectivity index (χ2v) is 9.24. The normalized spacial score (nSPS) is 11.6. The van der Waals surface area contributed by atoms with E-state index in [1.165, 1.54) is 30.5 Å². The number of nitrogens with zero attached hydrogens (tertiary/aromatic N) is 1. The van der Waals surface area contributed by atoms with Crippen LogP contribution in [0.25, 0.3) is 10.9 Å². The number of fused-ring (bicyclic) bond motifs is 1. The zero-order valence-electron chi connectivity index (χ0n) is 17.0. The van der Waals surface area contributed by atoms with Gasteiger partial charge < -0.3 is 9.88 Å². The predicted molar refractivity (Wildman–Crippen MR) is 117 cm³/mol. The van der Waals surface area contributed by atoms with Crippen molar-refractivity contribution in [2.75, 3.05) is 6.54 Å². The summed E-state index contributed by atoms with van der Waals surface area (Å²) in [6.07, 6.45) is 1.98. The lowest BCUT2D eigenvalue weighted by Gasteiger charge is -2.07. The molecule has 4 rings (SSSR count). The third-order valence-corrected chi connectivity index (χ3v) is 6.93. The lowest BCUT2D eigenvalue weighted by Crippen LogP contribution is -2.29. The first-order valence-electron chi connectivity index (χ1n) is 9.94. The molecular formula is C24H20F2N2O3S. The molecule has 0 saturated carbocycles. The van der Waals surface area contributed by atoms with Crippen LogP contribution in [0.3, 0.4) is 0 Å². The summed E-state index contributed by atoms with van der Waals surface area (Å²) in [7, 11) is -3.90. The minimum Gasteiger partial charge on any atom is -0.354 e. The molecule has 0 aliphatic carbocycles. The summed E-state index contributed by atoms with van der Waals surface area (Å²) in [5, 5.41) is 3.28. The van der Waals surface area contributed by atoms with E-state index < -0.39 is 15.7 Å². The summed E-state index contributed by atoms with van der Waals surface area (Å²) < 4.78 is 54.1. The van der Waals surface area contributed by atoms with Gasteiger partial charge in [-0.15, -0.1) is 0 Å². The van der Waals surface area contributed by atoms with E-state index in [1.807, 2.05) is 0 Å². The molecule has 0 radical (unpaired) electrons. The van der Waals surface area contributed by atoms with Crippen LogP contribution in [-0.2, 0) is 27.6 Å². The maximum atomic E-state index is 13.2. The maximum absolute atomic E-state index is 13.2. The SMILES string of the molecule is O=C(Cn1cc(S(=O)(=O)c2ccc(F)cc2)c2ccccc21)NCCc1ccc(F)cc1. The molecule has 1 amide bonds. The molecule has 3 aromatic carbocycles. The number of carbonyl (C=O) groups is 1. The number of aromatic nitrogens is 1. The van der Waals surface area contributed by atoms with Crippen molar-refractivity contribution >= 4 is 26.6 Å². The minimum absolute atomic E-state index is 0.0226. The average molecular weight is 454 g/mol. The summed E-state index contributed by atoms with van der Waals surface area (Å²) in [6, 6.07) is 17.6. The molecule has 8 heteroatoms. The second kappa shape index (κ2) is 8.92. The highest BCUT2D eigenvalue weighted by Gasteiger charge is 2.24. The van der Waals surface area contributed by atoms with E-state index in [-0.39, 0.29) is 28.1 Å². The zero-order valence-corrected chi connectivity index (χ0v) is 17.8. The molecule has 0 spiro atoms. The van der Waals surface area contributed by atoms with Gasteiger partial charge in [0.25, 0.3) is 0 Å². The predicted octanol–water partition coefficient (Wildman–Crippen LogP) is 4.11. The number of carbonyl (C=O) groups excluding carboxylic acids is 1. The lowest BCUT2D eigenvalue weighted by molar-refractivity contribution is -0.121. The highest BCUT2D eigenvalue weighted by Crippen LogP contribution is 2.30. The summed E-state index contributed by atoms with van der Waals surface area (Å²) in [4.78, 5) is 12.5. The Kier molecular flexibility index (Phi) is 6.05. The molecule has 0 saturated heterocycles. The molecule has 0 atom stereocenters. The lowest BCUT2D eigenvalue weighted by atomic mass is 10.1. The van der Waals surface area contributed by atoms with Crippen molar-refractivity contribution in [2.45, 2.75) is 22.8 Å². The quantitative estimate of drug-likeness (QED) is 0.428. The molecule has 0 bridgehead atoms. The van der Waals surface area contributed by atoms with Crippen molar-refractivity contribution in [1.82, 2.24) is 9.88 Å². The van der Waals surface area contributed by atoms with Crippen LogP contribution in [0.5, 0.6) is 0 Å². The first-order chi connectivity index (χ1) is 15.3. The molecule has 0 unspecified atom stereocenters. The van der Waals surface area contributed by atoms with Crippen LogP contribution in [0, 0.1) is 11.6 Å². The molecule has 0 fully saturated rings. The fraction of sp³-hybridized carbons (Fsp3) is 0.125. The van der Waals surface area contributed by atoms with Gasteiger partial charge in [0, 0.05) is 23.6 Å². The smallest absolute Gasteiger partial charge is 0.239 e. The number of nitrogens with one attached hydrogen (secondary N) is 1. The highest BCUT2D eigenvalue weighted by molar-refractivity contribution is 7.91. The Morgan fingerprint density at radius 3 is 2.19 bits per heavy atom. The molecule has 5 nitrogen and oxygen atoms in total. The van der Waals surface area contributed by atoms with Crippen molar-refractivity contribution in [3.05, 3.63) is 96.2 Å². The number of sulfone groups is 1. The van der Waals surface area contributed by atoms with Gasteiger partial charge in [-0.05, 0) is 54.4 Å². The van der Waals surface area contributed by atoms with Gasteiger partial charge in [0.05, 0.1) is 9.79 Å². The van der Waals surface area contributed by atoms with Crippen molar-refractivity contribution in [2.24, 2.45) is 0 Å². The standard InChI is InChI=1S/C24H20F2N2O3S/c25-18-7-5-17(6-8-18)13-14-27-24(29)16-28-15-23(21-3-1-2-4-22(21)28)32(30,31)20-11-9-19(26)10-12-20/h1-12,15H,13-14,16H2,(H,27,29). The number of hydrogen-bond donors (Lipinski definition) is 1. The summed E-state index contributed by atoms with van der Waals surface area (Å²) in [6.45, 7) is 0.299. The van der Waals surface area contributed by atoms with Crippen molar-refractivity contribution < 1.29 is 22.0 Å². The summed E-state index contributed by atoms with van der Waals surface area (Å²) in [5.41, 5.74) is 1.49. The minimum atomic E-state index is -3.90. The topological polar surface area (TPSA) is 68.2 Å². The van der Waals surface area contributed by atoms with Crippen LogP contribution >= 0.6 is 0 Å².